The van der Waals surface area contributed by atoms with Gasteiger partial charge in [0.1, 0.15) is 18.3 Å². The van der Waals surface area contributed by atoms with Gasteiger partial charge < -0.3 is 24.4 Å². The van der Waals surface area contributed by atoms with E-state index in [2.05, 4.69) is 0 Å². The average Bonchev–Trinajstić information content (AvgIpc) is 2.42. The number of aliphatic hydroxyl groups is 1. The van der Waals surface area contributed by atoms with Crippen molar-refractivity contribution in [2.45, 2.75) is 26.1 Å². The van der Waals surface area contributed by atoms with Crippen molar-refractivity contribution >= 4 is 5.97 Å². The second-order valence-electron chi connectivity index (χ2n) is 4.49. The number of hydrogen-bond donors (Lipinski definition) is 2. The number of carbonyl (C=O) groups is 1. The maximum atomic E-state index is 11.8. The standard InChI is InChI=1S/C14H20O6/c1-9(2)19-7-10(15)8-20-14(17)11-5-4-6-12(18-3)13(11)16/h4-6,9-10,15-16H,7-8H2,1-3H3/t10-/m0/s1. The average molecular weight is 284 g/mol. The molecule has 6 nitrogen and oxygen atoms in total. The zero-order valence-corrected chi connectivity index (χ0v) is 11.8. The summed E-state index contributed by atoms with van der Waals surface area (Å²) in [6.07, 6.45) is -0.920. The van der Waals surface area contributed by atoms with E-state index in [1.807, 2.05) is 13.8 Å². The fraction of sp³-hybridized carbons (Fsp3) is 0.500. The molecule has 2 N–H and O–H groups in total. The van der Waals surface area contributed by atoms with Crippen LogP contribution in [-0.4, -0.2) is 48.7 Å². The van der Waals surface area contributed by atoms with Gasteiger partial charge in [-0.3, -0.25) is 0 Å². The van der Waals surface area contributed by atoms with Crippen LogP contribution in [-0.2, 0) is 9.47 Å². The molecule has 0 bridgehead atoms. The predicted octanol–water partition coefficient (Wildman–Crippen LogP) is 1.34. The Morgan fingerprint density at radius 2 is 2.00 bits per heavy atom. The Morgan fingerprint density at radius 3 is 2.60 bits per heavy atom. The highest BCUT2D eigenvalue weighted by Gasteiger charge is 2.17. The summed E-state index contributed by atoms with van der Waals surface area (Å²) < 4.78 is 15.0. The number of methoxy groups -OCH3 is 1. The lowest BCUT2D eigenvalue weighted by molar-refractivity contribution is -0.0270. The van der Waals surface area contributed by atoms with Crippen molar-refractivity contribution in [3.8, 4) is 11.5 Å². The highest BCUT2D eigenvalue weighted by molar-refractivity contribution is 5.93. The first-order valence-electron chi connectivity index (χ1n) is 6.28. The molecule has 0 unspecified atom stereocenters. The Labute approximate surface area is 117 Å². The molecular formula is C14H20O6. The molecule has 0 saturated heterocycles. The molecule has 20 heavy (non-hydrogen) atoms. The quantitative estimate of drug-likeness (QED) is 0.735. The normalized spacial score (nSPS) is 12.2. The zero-order chi connectivity index (χ0) is 15.1. The van der Waals surface area contributed by atoms with Gasteiger partial charge in [0, 0.05) is 0 Å². The third-order valence-corrected chi connectivity index (χ3v) is 2.47. The summed E-state index contributed by atoms with van der Waals surface area (Å²) in [5.41, 5.74) is -0.0127. The van der Waals surface area contributed by atoms with E-state index in [1.54, 1.807) is 6.07 Å². The van der Waals surface area contributed by atoms with Gasteiger partial charge in [0.05, 0.1) is 19.8 Å². The Morgan fingerprint density at radius 1 is 1.30 bits per heavy atom. The number of carbonyl (C=O) groups excluding carboxylic acids is 1. The van der Waals surface area contributed by atoms with Gasteiger partial charge in [-0.25, -0.2) is 4.79 Å². The van der Waals surface area contributed by atoms with E-state index in [0.29, 0.717) is 0 Å². The molecule has 0 spiro atoms. The number of hydrogen-bond acceptors (Lipinski definition) is 6. The summed E-state index contributed by atoms with van der Waals surface area (Å²) in [5, 5.41) is 19.4. The van der Waals surface area contributed by atoms with Crippen LogP contribution in [0.2, 0.25) is 0 Å². The van der Waals surface area contributed by atoms with Crippen LogP contribution < -0.4 is 4.74 Å². The van der Waals surface area contributed by atoms with Crippen LogP contribution in [0.25, 0.3) is 0 Å². The fourth-order valence-corrected chi connectivity index (χ4v) is 1.45. The summed E-state index contributed by atoms with van der Waals surface area (Å²) in [5.74, 6) is -0.832. The largest absolute Gasteiger partial charge is 0.504 e. The van der Waals surface area contributed by atoms with Crippen LogP contribution in [0, 0.1) is 0 Å². The SMILES string of the molecule is COc1cccc(C(=O)OC[C@@H](O)COC(C)C)c1O. The molecule has 0 radical (unpaired) electrons. The lowest BCUT2D eigenvalue weighted by Gasteiger charge is -2.14. The molecule has 0 aliphatic heterocycles. The van der Waals surface area contributed by atoms with E-state index in [0.717, 1.165) is 0 Å². The van der Waals surface area contributed by atoms with Crippen LogP contribution in [0.3, 0.4) is 0 Å². The molecule has 0 aliphatic carbocycles. The zero-order valence-electron chi connectivity index (χ0n) is 11.8. The molecular weight excluding hydrogens is 264 g/mol. The molecule has 1 rings (SSSR count). The highest BCUT2D eigenvalue weighted by Crippen LogP contribution is 2.29. The van der Waals surface area contributed by atoms with Gasteiger partial charge >= 0.3 is 5.97 Å². The first kappa shape index (κ1) is 16.3. The van der Waals surface area contributed by atoms with Crippen molar-refractivity contribution in [2.24, 2.45) is 0 Å². The molecule has 0 aliphatic rings. The topological polar surface area (TPSA) is 85.2 Å². The summed E-state index contributed by atoms with van der Waals surface area (Å²) in [6.45, 7) is 3.55. The predicted molar refractivity (Wildman–Crippen MR) is 72.0 cm³/mol. The smallest absolute Gasteiger partial charge is 0.342 e. The number of aliphatic hydroxyl groups excluding tert-OH is 1. The Kier molecular flexibility index (Phi) is 6.27. The van der Waals surface area contributed by atoms with Crippen LogP contribution in [0.1, 0.15) is 24.2 Å². The third-order valence-electron chi connectivity index (χ3n) is 2.47. The second-order valence-corrected chi connectivity index (χ2v) is 4.49. The maximum absolute atomic E-state index is 11.8. The van der Waals surface area contributed by atoms with Gasteiger partial charge in [0.2, 0.25) is 0 Å². The molecule has 1 aromatic rings. The summed E-state index contributed by atoms with van der Waals surface area (Å²) in [4.78, 5) is 11.8. The number of para-hydroxylation sites is 1. The van der Waals surface area contributed by atoms with Crippen molar-refractivity contribution in [2.75, 3.05) is 20.3 Å². The van der Waals surface area contributed by atoms with E-state index < -0.39 is 12.1 Å². The molecule has 0 amide bonds. The minimum absolute atomic E-state index is 0.0113. The number of rotatable bonds is 7. The number of esters is 1. The van der Waals surface area contributed by atoms with Gasteiger partial charge in [0.25, 0.3) is 0 Å². The van der Waals surface area contributed by atoms with Crippen molar-refractivity contribution in [3.05, 3.63) is 23.8 Å². The van der Waals surface area contributed by atoms with Crippen molar-refractivity contribution in [1.29, 1.82) is 0 Å². The number of phenolic OH excluding ortho intramolecular Hbond substituents is 1. The first-order valence-corrected chi connectivity index (χ1v) is 6.28. The minimum Gasteiger partial charge on any atom is -0.504 e. The number of ether oxygens (including phenoxy) is 3. The minimum atomic E-state index is -0.908. The fourth-order valence-electron chi connectivity index (χ4n) is 1.45. The summed E-state index contributed by atoms with van der Waals surface area (Å²) in [6, 6.07) is 4.50. The molecule has 0 fully saturated rings. The molecule has 0 heterocycles. The number of benzene rings is 1. The Hall–Kier alpha value is -1.79. The van der Waals surface area contributed by atoms with E-state index in [4.69, 9.17) is 14.2 Å². The van der Waals surface area contributed by atoms with E-state index in [9.17, 15) is 15.0 Å². The first-order chi connectivity index (χ1) is 9.45. The van der Waals surface area contributed by atoms with E-state index in [-0.39, 0.29) is 36.4 Å². The van der Waals surface area contributed by atoms with Gasteiger partial charge in [-0.05, 0) is 26.0 Å². The lowest BCUT2D eigenvalue weighted by Crippen LogP contribution is -2.25. The van der Waals surface area contributed by atoms with Gasteiger partial charge in [0.15, 0.2) is 11.5 Å². The molecule has 0 saturated carbocycles. The van der Waals surface area contributed by atoms with E-state index in [1.165, 1.54) is 19.2 Å². The number of aromatic hydroxyl groups is 1. The Bertz CT molecular complexity index is 443. The second kappa shape index (κ2) is 7.72. The van der Waals surface area contributed by atoms with Gasteiger partial charge in [-0.15, -0.1) is 0 Å². The maximum Gasteiger partial charge on any atom is 0.342 e. The van der Waals surface area contributed by atoms with Crippen LogP contribution >= 0.6 is 0 Å². The summed E-state index contributed by atoms with van der Waals surface area (Å²) in [7, 11) is 1.39. The lowest BCUT2D eigenvalue weighted by atomic mass is 10.2. The van der Waals surface area contributed by atoms with Crippen LogP contribution in [0.4, 0.5) is 0 Å². The molecule has 6 heteroatoms. The number of phenols is 1. The van der Waals surface area contributed by atoms with Crippen molar-refractivity contribution in [3.63, 3.8) is 0 Å². The van der Waals surface area contributed by atoms with Crippen LogP contribution in [0.15, 0.2) is 18.2 Å². The van der Waals surface area contributed by atoms with E-state index >= 15 is 0 Å². The monoisotopic (exact) mass is 284 g/mol. The van der Waals surface area contributed by atoms with Gasteiger partial charge in [-0.2, -0.15) is 0 Å². The highest BCUT2D eigenvalue weighted by atomic mass is 16.5. The van der Waals surface area contributed by atoms with Crippen molar-refractivity contribution in [1.82, 2.24) is 0 Å². The van der Waals surface area contributed by atoms with Crippen molar-refractivity contribution < 1.29 is 29.2 Å². The molecule has 1 aromatic carbocycles. The molecule has 0 aromatic heterocycles. The molecule has 1 atom stereocenters. The third kappa shape index (κ3) is 4.71. The van der Waals surface area contributed by atoms with Crippen LogP contribution in [0.5, 0.6) is 11.5 Å². The van der Waals surface area contributed by atoms with Gasteiger partial charge in [-0.1, -0.05) is 6.07 Å². The Balaban J connectivity index is 2.55. The summed E-state index contributed by atoms with van der Waals surface area (Å²) >= 11 is 0. The molecule has 112 valence electrons.